The van der Waals surface area contributed by atoms with Crippen LogP contribution in [0, 0.1) is 52.3 Å². The van der Waals surface area contributed by atoms with Crippen LogP contribution in [0.1, 0.15) is 105 Å². The molecule has 4 rings (SSSR count). The number of nitrogens with zero attached hydrogens (tertiary/aromatic N) is 1. The Kier molecular flexibility index (Phi) is 10.7. The predicted molar refractivity (Wildman–Crippen MR) is 161 cm³/mol. The van der Waals surface area contributed by atoms with Crippen molar-refractivity contribution in [2.45, 2.75) is 117 Å². The highest BCUT2D eigenvalue weighted by molar-refractivity contribution is 5.12. The van der Waals surface area contributed by atoms with Crippen molar-refractivity contribution < 1.29 is 5.11 Å². The number of nitrogens with one attached hydrogen (secondary N) is 1. The molecular weight excluding hydrogens is 468 g/mol. The second-order valence-corrected chi connectivity index (χ2v) is 15.2. The van der Waals surface area contributed by atoms with Crippen LogP contribution < -0.4 is 16.8 Å². The van der Waals surface area contributed by atoms with Crippen LogP contribution in [0.25, 0.3) is 0 Å². The molecule has 0 aromatic rings. The Morgan fingerprint density at radius 3 is 2.24 bits per heavy atom. The van der Waals surface area contributed by atoms with Gasteiger partial charge in [0.2, 0.25) is 0 Å². The minimum absolute atomic E-state index is 0.0963. The molecule has 5 heteroatoms. The maximum Gasteiger partial charge on any atom is 0.0577 e. The zero-order valence-electron chi connectivity index (χ0n) is 25.8. The van der Waals surface area contributed by atoms with E-state index in [0.717, 1.165) is 62.2 Å². The normalized spacial score (nSPS) is 41.7. The molecule has 0 aromatic carbocycles. The molecular formula is C33H64N4O. The van der Waals surface area contributed by atoms with Gasteiger partial charge in [0.15, 0.2) is 0 Å². The fourth-order valence-electron chi connectivity index (χ4n) is 10.6. The van der Waals surface area contributed by atoms with Crippen LogP contribution in [0.5, 0.6) is 0 Å². The lowest BCUT2D eigenvalue weighted by Crippen LogP contribution is -2.59. The molecule has 5 nitrogen and oxygen atoms in total. The van der Waals surface area contributed by atoms with E-state index in [1.165, 1.54) is 64.2 Å². The minimum atomic E-state index is -0.0963. The summed E-state index contributed by atoms with van der Waals surface area (Å²) in [6.45, 7) is 17.8. The summed E-state index contributed by atoms with van der Waals surface area (Å²) in [6, 6.07) is 0.589. The van der Waals surface area contributed by atoms with Crippen LogP contribution in [-0.4, -0.2) is 61.4 Å². The van der Waals surface area contributed by atoms with Crippen molar-refractivity contribution in [3.05, 3.63) is 0 Å². The molecule has 10 atom stereocenters. The quantitative estimate of drug-likeness (QED) is 0.260. The van der Waals surface area contributed by atoms with Crippen molar-refractivity contribution in [1.82, 2.24) is 10.2 Å². The largest absolute Gasteiger partial charge is 0.393 e. The maximum atomic E-state index is 11.7. The van der Waals surface area contributed by atoms with Gasteiger partial charge in [0.25, 0.3) is 0 Å². The van der Waals surface area contributed by atoms with E-state index in [-0.39, 0.29) is 6.10 Å². The van der Waals surface area contributed by atoms with Gasteiger partial charge in [-0.05, 0) is 104 Å². The molecule has 222 valence electrons. The molecule has 0 aromatic heterocycles. The van der Waals surface area contributed by atoms with Gasteiger partial charge in [-0.25, -0.2) is 0 Å². The molecule has 4 aliphatic rings. The average molecular weight is 533 g/mol. The lowest BCUT2D eigenvalue weighted by atomic mass is 9.43. The average Bonchev–Trinajstić information content (AvgIpc) is 3.22. The molecule has 38 heavy (non-hydrogen) atoms. The van der Waals surface area contributed by atoms with Gasteiger partial charge in [-0.15, -0.1) is 0 Å². The molecule has 0 saturated heterocycles. The highest BCUT2D eigenvalue weighted by Crippen LogP contribution is 2.68. The fraction of sp³-hybridized carbons (Fsp3) is 1.00. The second kappa shape index (κ2) is 13.2. The number of aliphatic hydroxyl groups excluding tert-OH is 1. The van der Waals surface area contributed by atoms with Crippen molar-refractivity contribution in [3.8, 4) is 0 Å². The van der Waals surface area contributed by atoms with Gasteiger partial charge < -0.3 is 21.9 Å². The van der Waals surface area contributed by atoms with E-state index in [1.807, 2.05) is 0 Å². The van der Waals surface area contributed by atoms with Crippen molar-refractivity contribution in [3.63, 3.8) is 0 Å². The molecule has 6 N–H and O–H groups in total. The summed E-state index contributed by atoms with van der Waals surface area (Å²) in [5.41, 5.74) is 12.4. The van der Waals surface area contributed by atoms with Crippen LogP contribution >= 0.6 is 0 Å². The summed E-state index contributed by atoms with van der Waals surface area (Å²) in [7, 11) is 0. The number of hydrogen-bond acceptors (Lipinski definition) is 5. The SMILES string of the molecule is CC(C)CCC[C@@H](C)[C@H]1CCC2C3C(CC[C@@]21C)[C@@]1(C)CCC(NCCN(CCN)CCN)C[C@@H]1C[C@H]3O. The van der Waals surface area contributed by atoms with Crippen LogP contribution in [0.4, 0.5) is 0 Å². The number of nitrogens with two attached hydrogens (primary N) is 2. The summed E-state index contributed by atoms with van der Waals surface area (Å²) in [6.07, 6.45) is 14.5. The Balaban J connectivity index is 1.36. The maximum absolute atomic E-state index is 11.7. The second-order valence-electron chi connectivity index (χ2n) is 15.2. The Bertz CT molecular complexity index is 726. The number of rotatable bonds is 13. The molecule has 4 aliphatic carbocycles. The van der Waals surface area contributed by atoms with E-state index < -0.39 is 0 Å². The van der Waals surface area contributed by atoms with E-state index in [9.17, 15) is 5.11 Å². The Labute approximate surface area is 235 Å². The van der Waals surface area contributed by atoms with Crippen LogP contribution in [0.2, 0.25) is 0 Å². The lowest BCUT2D eigenvalue weighted by molar-refractivity contribution is -0.167. The summed E-state index contributed by atoms with van der Waals surface area (Å²) in [5, 5.41) is 15.6. The Morgan fingerprint density at radius 1 is 0.868 bits per heavy atom. The Morgan fingerprint density at radius 2 is 1.55 bits per heavy atom. The van der Waals surface area contributed by atoms with Gasteiger partial charge in [0.05, 0.1) is 6.10 Å². The first-order chi connectivity index (χ1) is 18.1. The topological polar surface area (TPSA) is 87.5 Å². The highest BCUT2D eigenvalue weighted by atomic mass is 16.3. The van der Waals surface area contributed by atoms with Gasteiger partial charge >= 0.3 is 0 Å². The molecule has 0 amide bonds. The zero-order valence-corrected chi connectivity index (χ0v) is 25.8. The van der Waals surface area contributed by atoms with E-state index >= 15 is 0 Å². The van der Waals surface area contributed by atoms with E-state index in [0.29, 0.717) is 41.8 Å². The summed E-state index contributed by atoms with van der Waals surface area (Å²) >= 11 is 0. The number of aliphatic hydroxyl groups is 1. The number of fused-ring (bicyclic) bond motifs is 5. The molecule has 4 saturated carbocycles. The van der Waals surface area contributed by atoms with Crippen LogP contribution in [-0.2, 0) is 0 Å². The third-order valence-electron chi connectivity index (χ3n) is 12.6. The molecule has 0 heterocycles. The van der Waals surface area contributed by atoms with Crippen molar-refractivity contribution in [1.29, 1.82) is 0 Å². The zero-order chi connectivity index (χ0) is 27.5. The predicted octanol–water partition coefficient (Wildman–Crippen LogP) is 5.26. The molecule has 0 radical (unpaired) electrons. The third kappa shape index (κ3) is 6.32. The van der Waals surface area contributed by atoms with Crippen molar-refractivity contribution in [2.75, 3.05) is 39.3 Å². The first-order valence-electron chi connectivity index (χ1n) is 16.7. The standard InChI is InChI=1S/C33H64N4O/c1-23(2)7-6-8-24(3)27-9-10-28-31-29(12-14-33(27,28)5)32(4)13-11-26(21-25(32)22-30(31)38)36-17-20-37(18-15-34)19-16-35/h23-31,36,38H,6-22,34-35H2,1-5H3/t24-,25-,26?,27-,28?,29?,30-,31?,32+,33-/m1/s1. The molecule has 0 aliphatic heterocycles. The number of hydrogen-bond donors (Lipinski definition) is 4. The molecule has 4 unspecified atom stereocenters. The first-order valence-corrected chi connectivity index (χ1v) is 16.7. The van der Waals surface area contributed by atoms with Gasteiger partial charge in [0.1, 0.15) is 0 Å². The van der Waals surface area contributed by atoms with Gasteiger partial charge in [-0.1, -0.05) is 53.9 Å². The smallest absolute Gasteiger partial charge is 0.0577 e. The summed E-state index contributed by atoms with van der Waals surface area (Å²) < 4.78 is 0. The fourth-order valence-corrected chi connectivity index (χ4v) is 10.6. The minimum Gasteiger partial charge on any atom is -0.393 e. The van der Waals surface area contributed by atoms with E-state index in [4.69, 9.17) is 11.5 Å². The first kappa shape index (κ1) is 30.8. The van der Waals surface area contributed by atoms with E-state index in [1.54, 1.807) is 0 Å². The van der Waals surface area contributed by atoms with Crippen molar-refractivity contribution in [2.24, 2.45) is 63.7 Å². The van der Waals surface area contributed by atoms with Crippen molar-refractivity contribution >= 4 is 0 Å². The van der Waals surface area contributed by atoms with Gasteiger partial charge in [-0.2, -0.15) is 0 Å². The monoisotopic (exact) mass is 533 g/mol. The summed E-state index contributed by atoms with van der Waals surface area (Å²) in [5.74, 6) is 5.16. The molecule has 0 spiro atoms. The third-order valence-corrected chi connectivity index (χ3v) is 12.6. The lowest BCUT2D eigenvalue weighted by Gasteiger charge is -2.62. The van der Waals surface area contributed by atoms with E-state index in [2.05, 4.69) is 44.8 Å². The molecule has 0 bridgehead atoms. The van der Waals surface area contributed by atoms with Crippen LogP contribution in [0.3, 0.4) is 0 Å². The highest BCUT2D eigenvalue weighted by Gasteiger charge is 2.62. The molecule has 4 fully saturated rings. The summed E-state index contributed by atoms with van der Waals surface area (Å²) in [4.78, 5) is 2.38. The van der Waals surface area contributed by atoms with Gasteiger partial charge in [0, 0.05) is 45.3 Å². The Hall–Kier alpha value is -0.200. The van der Waals surface area contributed by atoms with Crippen LogP contribution in [0.15, 0.2) is 0 Å². The van der Waals surface area contributed by atoms with Gasteiger partial charge in [-0.3, -0.25) is 4.90 Å².